The molecule has 1 aliphatic carbocycles. The van der Waals surface area contributed by atoms with Crippen molar-refractivity contribution in [1.82, 2.24) is 5.32 Å². The van der Waals surface area contributed by atoms with Crippen LogP contribution in [0.3, 0.4) is 0 Å². The zero-order valence-corrected chi connectivity index (χ0v) is 15.2. The molecule has 1 aromatic carbocycles. The van der Waals surface area contributed by atoms with E-state index < -0.39 is 0 Å². The highest BCUT2D eigenvalue weighted by Crippen LogP contribution is 2.39. The van der Waals surface area contributed by atoms with Crippen LogP contribution in [0.2, 0.25) is 10.0 Å². The monoisotopic (exact) mass is 364 g/mol. The van der Waals surface area contributed by atoms with Gasteiger partial charge in [0.25, 0.3) is 0 Å². The summed E-state index contributed by atoms with van der Waals surface area (Å²) in [6.45, 7) is 4.41. The van der Waals surface area contributed by atoms with Crippen LogP contribution in [0.4, 0.5) is 0 Å². The molecule has 0 heterocycles. The molecule has 2 unspecified atom stereocenters. The first kappa shape index (κ1) is 19.6. The number of carbonyl (C=O) groups excluding carboxylic acids is 1. The maximum Gasteiger partial charge on any atom is 0.223 e. The highest BCUT2D eigenvalue weighted by molar-refractivity contribution is 6.35. The fourth-order valence-corrected chi connectivity index (χ4v) is 3.04. The van der Waals surface area contributed by atoms with E-state index in [-0.39, 0.29) is 29.8 Å². The van der Waals surface area contributed by atoms with Crippen LogP contribution >= 0.6 is 35.6 Å². The summed E-state index contributed by atoms with van der Waals surface area (Å²) in [6, 6.07) is 5.37. The van der Waals surface area contributed by atoms with Crippen LogP contribution in [0.15, 0.2) is 18.2 Å². The first-order valence-electron chi connectivity index (χ1n) is 7.31. The normalized spacial score (nSPS) is 18.0. The minimum Gasteiger partial charge on any atom is -0.349 e. The number of nitrogens with one attached hydrogen (secondary N) is 1. The summed E-state index contributed by atoms with van der Waals surface area (Å²) in [6.07, 6.45) is 2.88. The van der Waals surface area contributed by atoms with E-state index in [4.69, 9.17) is 28.9 Å². The van der Waals surface area contributed by atoms with E-state index in [2.05, 4.69) is 5.32 Å². The van der Waals surface area contributed by atoms with E-state index in [1.807, 2.05) is 19.9 Å². The van der Waals surface area contributed by atoms with Gasteiger partial charge in [0, 0.05) is 22.5 Å². The van der Waals surface area contributed by atoms with Gasteiger partial charge < -0.3 is 11.1 Å². The molecule has 1 aromatic rings. The molecule has 6 heteroatoms. The molecular formula is C16H23Cl3N2O. The van der Waals surface area contributed by atoms with Crippen molar-refractivity contribution >= 4 is 41.5 Å². The van der Waals surface area contributed by atoms with Gasteiger partial charge in [-0.05, 0) is 49.8 Å². The fraction of sp³-hybridized carbons (Fsp3) is 0.562. The van der Waals surface area contributed by atoms with Crippen LogP contribution in [-0.2, 0) is 11.2 Å². The molecule has 0 bridgehead atoms. The van der Waals surface area contributed by atoms with Gasteiger partial charge in [-0.2, -0.15) is 0 Å². The number of carbonyl (C=O) groups is 1. The Morgan fingerprint density at radius 2 is 2.09 bits per heavy atom. The number of nitrogens with two attached hydrogens (primary N) is 1. The van der Waals surface area contributed by atoms with E-state index in [1.165, 1.54) is 0 Å². The van der Waals surface area contributed by atoms with E-state index in [0.29, 0.717) is 28.9 Å². The Morgan fingerprint density at radius 1 is 1.45 bits per heavy atom. The Hall–Kier alpha value is -0.480. The Labute approximate surface area is 148 Å². The number of hydrogen-bond donors (Lipinski definition) is 2. The highest BCUT2D eigenvalue weighted by Gasteiger charge is 2.42. The molecule has 0 spiro atoms. The third-order valence-corrected chi connectivity index (χ3v) is 4.89. The summed E-state index contributed by atoms with van der Waals surface area (Å²) in [5.41, 5.74) is 6.49. The largest absolute Gasteiger partial charge is 0.349 e. The second kappa shape index (κ2) is 7.87. The predicted octanol–water partition coefficient (Wildman–Crippen LogP) is 3.84. The van der Waals surface area contributed by atoms with Crippen molar-refractivity contribution < 1.29 is 4.79 Å². The molecule has 2 rings (SSSR count). The van der Waals surface area contributed by atoms with Crippen LogP contribution in [0.5, 0.6) is 0 Å². The number of rotatable bonds is 6. The van der Waals surface area contributed by atoms with Crippen molar-refractivity contribution in [3.63, 3.8) is 0 Å². The number of benzene rings is 1. The van der Waals surface area contributed by atoms with Crippen LogP contribution in [0.25, 0.3) is 0 Å². The lowest BCUT2D eigenvalue weighted by atomic mass is 9.93. The average Bonchev–Trinajstić information content (AvgIpc) is 3.26. The van der Waals surface area contributed by atoms with Crippen LogP contribution in [0.1, 0.15) is 32.3 Å². The molecule has 0 aromatic heterocycles. The van der Waals surface area contributed by atoms with Gasteiger partial charge in [-0.1, -0.05) is 36.2 Å². The molecule has 22 heavy (non-hydrogen) atoms. The Balaban J connectivity index is 0.00000242. The standard InChI is InChI=1S/C16H22Cl2N2O.ClH/c1-10(7-11-3-6-13(17)8-14(11)18)15(21)20-16(2,9-19)12-4-5-12;/h3,6,8,10,12H,4-5,7,9,19H2,1-2H3,(H,20,21);1H. The molecule has 1 saturated carbocycles. The van der Waals surface area contributed by atoms with Crippen molar-refractivity contribution in [1.29, 1.82) is 0 Å². The molecule has 0 radical (unpaired) electrons. The predicted molar refractivity (Wildman–Crippen MR) is 94.9 cm³/mol. The maximum absolute atomic E-state index is 12.4. The van der Waals surface area contributed by atoms with Gasteiger partial charge in [0.2, 0.25) is 5.91 Å². The second-order valence-corrected chi connectivity index (χ2v) is 7.07. The van der Waals surface area contributed by atoms with Crippen molar-refractivity contribution in [2.45, 2.75) is 38.6 Å². The Bertz CT molecular complexity index is 534. The molecule has 1 aliphatic rings. The molecule has 124 valence electrons. The van der Waals surface area contributed by atoms with E-state index in [9.17, 15) is 4.79 Å². The summed E-state index contributed by atoms with van der Waals surface area (Å²) in [7, 11) is 0. The summed E-state index contributed by atoms with van der Waals surface area (Å²) < 4.78 is 0. The summed E-state index contributed by atoms with van der Waals surface area (Å²) >= 11 is 12.0. The van der Waals surface area contributed by atoms with E-state index >= 15 is 0 Å². The van der Waals surface area contributed by atoms with Gasteiger partial charge in [0.15, 0.2) is 0 Å². The molecule has 0 aliphatic heterocycles. The number of halogens is 3. The first-order chi connectivity index (χ1) is 9.85. The Kier molecular flexibility index (Phi) is 7.00. The number of amides is 1. The summed E-state index contributed by atoms with van der Waals surface area (Å²) in [4.78, 5) is 12.4. The molecule has 3 N–H and O–H groups in total. The second-order valence-electron chi connectivity index (χ2n) is 6.23. The third-order valence-electron chi connectivity index (χ3n) is 4.30. The van der Waals surface area contributed by atoms with Crippen LogP contribution in [-0.4, -0.2) is 18.0 Å². The van der Waals surface area contributed by atoms with Gasteiger partial charge in [0.05, 0.1) is 5.54 Å². The van der Waals surface area contributed by atoms with Crippen LogP contribution in [0, 0.1) is 11.8 Å². The SMILES string of the molecule is CC(Cc1ccc(Cl)cc1Cl)C(=O)NC(C)(CN)C1CC1.Cl. The summed E-state index contributed by atoms with van der Waals surface area (Å²) in [5.74, 6) is 0.381. The maximum atomic E-state index is 12.4. The first-order valence-corrected chi connectivity index (χ1v) is 8.07. The van der Waals surface area contributed by atoms with E-state index in [0.717, 1.165) is 18.4 Å². The quantitative estimate of drug-likeness (QED) is 0.804. The van der Waals surface area contributed by atoms with Crippen molar-refractivity contribution in [3.05, 3.63) is 33.8 Å². The minimum absolute atomic E-state index is 0. The lowest BCUT2D eigenvalue weighted by Crippen LogP contribution is -2.54. The lowest BCUT2D eigenvalue weighted by molar-refractivity contribution is -0.126. The fourth-order valence-electron chi connectivity index (χ4n) is 2.55. The van der Waals surface area contributed by atoms with E-state index in [1.54, 1.807) is 12.1 Å². The van der Waals surface area contributed by atoms with Crippen molar-refractivity contribution in [3.8, 4) is 0 Å². The number of hydrogen-bond acceptors (Lipinski definition) is 2. The highest BCUT2D eigenvalue weighted by atomic mass is 35.5. The van der Waals surface area contributed by atoms with Crippen molar-refractivity contribution in [2.75, 3.05) is 6.54 Å². The van der Waals surface area contributed by atoms with Gasteiger partial charge >= 0.3 is 0 Å². The van der Waals surface area contributed by atoms with Gasteiger partial charge in [-0.25, -0.2) is 0 Å². The molecule has 2 atom stereocenters. The topological polar surface area (TPSA) is 55.1 Å². The molecule has 3 nitrogen and oxygen atoms in total. The Morgan fingerprint density at radius 3 is 2.59 bits per heavy atom. The minimum atomic E-state index is -0.283. The summed E-state index contributed by atoms with van der Waals surface area (Å²) in [5, 5.41) is 4.33. The molecule has 1 amide bonds. The molecule has 1 fully saturated rings. The van der Waals surface area contributed by atoms with Gasteiger partial charge in [-0.3, -0.25) is 4.79 Å². The molecular weight excluding hydrogens is 343 g/mol. The average molecular weight is 366 g/mol. The van der Waals surface area contributed by atoms with Gasteiger partial charge in [-0.15, -0.1) is 12.4 Å². The van der Waals surface area contributed by atoms with Crippen LogP contribution < -0.4 is 11.1 Å². The molecule has 0 saturated heterocycles. The zero-order valence-electron chi connectivity index (χ0n) is 12.9. The third kappa shape index (κ3) is 4.76. The zero-order chi connectivity index (χ0) is 15.6. The smallest absolute Gasteiger partial charge is 0.223 e. The van der Waals surface area contributed by atoms with Gasteiger partial charge in [0.1, 0.15) is 0 Å². The van der Waals surface area contributed by atoms with Crippen molar-refractivity contribution in [2.24, 2.45) is 17.6 Å². The lowest BCUT2D eigenvalue weighted by Gasteiger charge is -2.31.